The summed E-state index contributed by atoms with van der Waals surface area (Å²) in [6.45, 7) is 6.20. The van der Waals surface area contributed by atoms with Gasteiger partial charge in [0.1, 0.15) is 25.3 Å². The summed E-state index contributed by atoms with van der Waals surface area (Å²) in [6.07, 6.45) is 2.79. The van der Waals surface area contributed by atoms with Crippen LogP contribution in [0.2, 0.25) is 10.0 Å². The Morgan fingerprint density at radius 1 is 1.35 bits per heavy atom. The molecule has 140 valence electrons. The molecule has 3 rings (SSSR count). The van der Waals surface area contributed by atoms with E-state index in [4.69, 9.17) is 27.9 Å². The minimum Gasteiger partial charge on any atom is -0.364 e. The van der Waals surface area contributed by atoms with E-state index in [1.165, 1.54) is 16.2 Å². The molecule has 2 aromatic rings. The molecule has 1 amide bonds. The lowest BCUT2D eigenvalue weighted by molar-refractivity contribution is -0.907. The van der Waals surface area contributed by atoms with Gasteiger partial charge < -0.3 is 9.64 Å². The number of rotatable bonds is 5. The normalized spacial score (nSPS) is 23.0. The van der Waals surface area contributed by atoms with Crippen LogP contribution in [0, 0.1) is 0 Å². The van der Waals surface area contributed by atoms with Gasteiger partial charge >= 0.3 is 0 Å². The highest BCUT2D eigenvalue weighted by atomic mass is 35.5. The number of anilines is 1. The first-order chi connectivity index (χ1) is 12.4. The second-order valence-corrected chi connectivity index (χ2v) is 8.64. The second kappa shape index (κ2) is 8.67. The third kappa shape index (κ3) is 5.41. The Morgan fingerprint density at radius 3 is 2.77 bits per heavy atom. The fraction of sp³-hybridized carbons (Fsp3) is 0.444. The van der Waals surface area contributed by atoms with E-state index in [0.29, 0.717) is 28.1 Å². The first-order valence-corrected chi connectivity index (χ1v) is 10.1. The maximum absolute atomic E-state index is 12.3. The average molecular weight is 415 g/mol. The topological polar surface area (TPSA) is 55.7 Å². The number of nitrogens with zero attached hydrogens (tertiary/aromatic N) is 1. The first kappa shape index (κ1) is 19.6. The van der Waals surface area contributed by atoms with Crippen molar-refractivity contribution in [3.05, 3.63) is 44.9 Å². The number of benzene rings is 1. The zero-order valence-electron chi connectivity index (χ0n) is 14.7. The van der Waals surface area contributed by atoms with Gasteiger partial charge in [0.2, 0.25) is 0 Å². The maximum atomic E-state index is 12.3. The number of amides is 1. The highest BCUT2D eigenvalue weighted by Gasteiger charge is 2.27. The smallest absolute Gasteiger partial charge is 0.281 e. The van der Waals surface area contributed by atoms with Crippen LogP contribution in [0.15, 0.2) is 24.4 Å². The molecule has 1 aliphatic heterocycles. The van der Waals surface area contributed by atoms with Gasteiger partial charge in [0.15, 0.2) is 11.7 Å². The Hall–Kier alpha value is -1.18. The standard InChI is InChI=1S/C18H21Cl2N3O2S/c1-11-8-23(9-12(2)25-11)10-17(24)22-18-21-7-15(26-18)5-13-3-4-14(19)6-16(13)20/h3-4,6-7,11-12H,5,8-10H2,1-2H3,(H,21,22,24)/p+1/t11-,12-/m0/s1. The van der Waals surface area contributed by atoms with Crippen molar-refractivity contribution in [2.24, 2.45) is 0 Å². The van der Waals surface area contributed by atoms with Crippen LogP contribution in [0.3, 0.4) is 0 Å². The van der Waals surface area contributed by atoms with Crippen LogP contribution in [0.4, 0.5) is 5.13 Å². The molecule has 0 bridgehead atoms. The summed E-state index contributed by atoms with van der Waals surface area (Å²) in [5, 5.41) is 4.77. The Bertz CT molecular complexity index is 774. The number of morpholine rings is 1. The lowest BCUT2D eigenvalue weighted by Crippen LogP contribution is -3.16. The Balaban J connectivity index is 1.55. The van der Waals surface area contributed by atoms with E-state index in [-0.39, 0.29) is 18.1 Å². The van der Waals surface area contributed by atoms with E-state index < -0.39 is 0 Å². The van der Waals surface area contributed by atoms with E-state index in [2.05, 4.69) is 10.3 Å². The SMILES string of the molecule is C[C@H]1C[NH+](CC(=O)Nc2ncc(Cc3ccc(Cl)cc3Cl)s2)C[C@H](C)O1. The van der Waals surface area contributed by atoms with E-state index in [9.17, 15) is 4.79 Å². The van der Waals surface area contributed by atoms with E-state index in [1.54, 1.807) is 12.3 Å². The van der Waals surface area contributed by atoms with Gasteiger partial charge in [-0.1, -0.05) is 29.3 Å². The summed E-state index contributed by atoms with van der Waals surface area (Å²) in [7, 11) is 0. The number of thiazole rings is 1. The van der Waals surface area contributed by atoms with Crippen LogP contribution in [-0.4, -0.2) is 42.7 Å². The predicted octanol–water partition coefficient (Wildman–Crippen LogP) is 2.67. The molecule has 0 saturated carbocycles. The van der Waals surface area contributed by atoms with E-state index >= 15 is 0 Å². The fourth-order valence-corrected chi connectivity index (χ4v) is 4.55. The quantitative estimate of drug-likeness (QED) is 0.790. The van der Waals surface area contributed by atoms with Crippen molar-refractivity contribution in [1.82, 2.24) is 4.98 Å². The number of quaternary nitrogens is 1. The van der Waals surface area contributed by atoms with E-state index in [0.717, 1.165) is 23.5 Å². The van der Waals surface area contributed by atoms with Crippen molar-refractivity contribution in [3.8, 4) is 0 Å². The Labute approximate surface area is 167 Å². The molecule has 1 fully saturated rings. The van der Waals surface area contributed by atoms with Crippen LogP contribution in [0.1, 0.15) is 24.3 Å². The highest BCUT2D eigenvalue weighted by molar-refractivity contribution is 7.15. The molecule has 0 radical (unpaired) electrons. The lowest BCUT2D eigenvalue weighted by Gasteiger charge is -2.31. The molecule has 0 unspecified atom stereocenters. The molecule has 2 N–H and O–H groups in total. The lowest BCUT2D eigenvalue weighted by atomic mass is 10.1. The Kier molecular flexibility index (Phi) is 6.53. The number of halogens is 2. The minimum absolute atomic E-state index is 0.0216. The van der Waals surface area contributed by atoms with Crippen LogP contribution in [0.25, 0.3) is 0 Å². The molecule has 2 atom stereocenters. The number of hydrogen-bond acceptors (Lipinski definition) is 4. The number of carbonyl (C=O) groups excluding carboxylic acids is 1. The van der Waals surface area contributed by atoms with Crippen LogP contribution in [-0.2, 0) is 16.0 Å². The molecule has 1 aliphatic rings. The molecule has 0 aliphatic carbocycles. The summed E-state index contributed by atoms with van der Waals surface area (Å²) in [4.78, 5) is 18.9. The molecular formula is C18H22Cl2N3O2S+. The van der Waals surface area contributed by atoms with Gasteiger partial charge in [-0.05, 0) is 31.5 Å². The highest BCUT2D eigenvalue weighted by Crippen LogP contribution is 2.26. The van der Waals surface area contributed by atoms with Crippen molar-refractivity contribution < 1.29 is 14.4 Å². The van der Waals surface area contributed by atoms with Gasteiger partial charge in [0.05, 0.1) is 0 Å². The largest absolute Gasteiger partial charge is 0.364 e. The first-order valence-electron chi connectivity index (χ1n) is 8.56. The van der Waals surface area contributed by atoms with Crippen molar-refractivity contribution in [2.75, 3.05) is 25.0 Å². The molecular weight excluding hydrogens is 393 g/mol. The number of hydrogen-bond donors (Lipinski definition) is 2. The van der Waals surface area contributed by atoms with Crippen LogP contribution >= 0.6 is 34.5 Å². The number of aromatic nitrogens is 1. The third-order valence-electron chi connectivity index (χ3n) is 4.21. The van der Waals surface area contributed by atoms with Crippen molar-refractivity contribution in [1.29, 1.82) is 0 Å². The van der Waals surface area contributed by atoms with Gasteiger partial charge in [-0.3, -0.25) is 10.1 Å². The molecule has 0 spiro atoms. The summed E-state index contributed by atoms with van der Waals surface area (Å²) >= 11 is 13.6. The predicted molar refractivity (Wildman–Crippen MR) is 106 cm³/mol. The van der Waals surface area contributed by atoms with Gasteiger partial charge in [0, 0.05) is 27.5 Å². The summed E-state index contributed by atoms with van der Waals surface area (Å²) in [5.41, 5.74) is 0.985. The van der Waals surface area contributed by atoms with Crippen molar-refractivity contribution >= 4 is 45.6 Å². The summed E-state index contributed by atoms with van der Waals surface area (Å²) < 4.78 is 5.71. The minimum atomic E-state index is -0.0216. The van der Waals surface area contributed by atoms with E-state index in [1.807, 2.05) is 26.0 Å². The number of ether oxygens (including phenoxy) is 1. The molecule has 26 heavy (non-hydrogen) atoms. The molecule has 1 aromatic carbocycles. The van der Waals surface area contributed by atoms with Crippen LogP contribution < -0.4 is 10.2 Å². The molecule has 2 heterocycles. The average Bonchev–Trinajstić information content (AvgIpc) is 2.96. The van der Waals surface area contributed by atoms with Gasteiger partial charge in [-0.15, -0.1) is 11.3 Å². The molecule has 8 heteroatoms. The van der Waals surface area contributed by atoms with Crippen molar-refractivity contribution in [2.45, 2.75) is 32.5 Å². The monoisotopic (exact) mass is 414 g/mol. The van der Waals surface area contributed by atoms with Gasteiger partial charge in [-0.25, -0.2) is 4.98 Å². The maximum Gasteiger partial charge on any atom is 0.281 e. The summed E-state index contributed by atoms with van der Waals surface area (Å²) in [6, 6.07) is 5.46. The number of carbonyl (C=O) groups is 1. The third-order valence-corrected chi connectivity index (χ3v) is 5.71. The zero-order valence-corrected chi connectivity index (χ0v) is 17.0. The van der Waals surface area contributed by atoms with Crippen molar-refractivity contribution in [3.63, 3.8) is 0 Å². The molecule has 1 saturated heterocycles. The van der Waals surface area contributed by atoms with Gasteiger partial charge in [0.25, 0.3) is 5.91 Å². The summed E-state index contributed by atoms with van der Waals surface area (Å²) in [5.74, 6) is -0.0216. The molecule has 1 aromatic heterocycles. The van der Waals surface area contributed by atoms with Gasteiger partial charge in [-0.2, -0.15) is 0 Å². The molecule has 5 nitrogen and oxygen atoms in total. The van der Waals surface area contributed by atoms with Crippen LogP contribution in [0.5, 0.6) is 0 Å². The Morgan fingerprint density at radius 2 is 2.08 bits per heavy atom. The second-order valence-electron chi connectivity index (χ2n) is 6.68. The fourth-order valence-electron chi connectivity index (χ4n) is 3.22. The zero-order chi connectivity index (χ0) is 18.7. The number of nitrogens with one attached hydrogen (secondary N) is 2.